The van der Waals surface area contributed by atoms with Crippen molar-refractivity contribution in [2.75, 3.05) is 4.90 Å². The van der Waals surface area contributed by atoms with E-state index in [1.165, 1.54) is 55.3 Å². The summed E-state index contributed by atoms with van der Waals surface area (Å²) in [6.07, 6.45) is 0. The quantitative estimate of drug-likeness (QED) is 0.169. The van der Waals surface area contributed by atoms with Gasteiger partial charge >= 0.3 is 0 Å². The molecule has 0 unspecified atom stereocenters. The number of nitrogens with zero attached hydrogens (tertiary/aromatic N) is 1. The third-order valence-corrected chi connectivity index (χ3v) is 12.1. The molecular weight excluding hydrogens is 691 g/mol. The Bertz CT molecular complexity index is 3140. The molecule has 0 atom stereocenters. The van der Waals surface area contributed by atoms with E-state index in [-0.39, 0.29) is 5.41 Å². The molecule has 9 aromatic carbocycles. The third-order valence-electron chi connectivity index (χ3n) is 12.1. The fourth-order valence-corrected chi connectivity index (χ4v) is 9.21. The Kier molecular flexibility index (Phi) is 7.55. The summed E-state index contributed by atoms with van der Waals surface area (Å²) < 4.78 is 6.46. The average Bonchev–Trinajstić information content (AvgIpc) is 3.76. The maximum absolute atomic E-state index is 6.46. The van der Waals surface area contributed by atoms with Gasteiger partial charge in [-0.1, -0.05) is 172 Å². The Balaban J connectivity index is 1.07. The maximum Gasteiger partial charge on any atom is 0.143 e. The molecule has 1 aromatic heterocycles. The van der Waals surface area contributed by atoms with E-state index >= 15 is 0 Å². The fraction of sp³-hybridized carbons (Fsp3) is 0.0545. The molecular formula is C55H39NO. The second-order valence-corrected chi connectivity index (χ2v) is 15.7. The number of rotatable bonds is 6. The molecule has 2 heteroatoms. The van der Waals surface area contributed by atoms with Gasteiger partial charge in [0.25, 0.3) is 0 Å². The zero-order valence-corrected chi connectivity index (χ0v) is 31.9. The smallest absolute Gasteiger partial charge is 0.143 e. The summed E-state index contributed by atoms with van der Waals surface area (Å²) >= 11 is 0. The van der Waals surface area contributed by atoms with Crippen LogP contribution >= 0.6 is 0 Å². The molecule has 0 saturated heterocycles. The van der Waals surface area contributed by atoms with Crippen LogP contribution in [0.25, 0.3) is 77.2 Å². The molecule has 11 rings (SSSR count). The molecule has 1 aliphatic rings. The molecule has 0 bridgehead atoms. The first-order chi connectivity index (χ1) is 28.0. The summed E-state index contributed by atoms with van der Waals surface area (Å²) in [6.45, 7) is 4.75. The Morgan fingerprint density at radius 1 is 0.368 bits per heavy atom. The van der Waals surface area contributed by atoms with Crippen LogP contribution in [0.15, 0.2) is 205 Å². The van der Waals surface area contributed by atoms with Crippen LogP contribution in [0.2, 0.25) is 0 Å². The Morgan fingerprint density at radius 3 is 1.70 bits per heavy atom. The van der Waals surface area contributed by atoms with Crippen LogP contribution in [0.4, 0.5) is 17.1 Å². The summed E-state index contributed by atoms with van der Waals surface area (Å²) in [4.78, 5) is 2.44. The molecule has 0 spiro atoms. The van der Waals surface area contributed by atoms with Crippen LogP contribution in [0, 0.1) is 0 Å². The summed E-state index contributed by atoms with van der Waals surface area (Å²) in [5.74, 6) is 0. The van der Waals surface area contributed by atoms with Crippen LogP contribution in [0.5, 0.6) is 0 Å². The average molecular weight is 730 g/mol. The zero-order chi connectivity index (χ0) is 38.1. The zero-order valence-electron chi connectivity index (χ0n) is 31.9. The largest absolute Gasteiger partial charge is 0.455 e. The molecule has 1 heterocycles. The van der Waals surface area contributed by atoms with E-state index in [4.69, 9.17) is 4.42 Å². The molecule has 1 aliphatic carbocycles. The lowest BCUT2D eigenvalue weighted by Crippen LogP contribution is -2.17. The number of hydrogen-bond acceptors (Lipinski definition) is 2. The highest BCUT2D eigenvalue weighted by atomic mass is 16.3. The van der Waals surface area contributed by atoms with Crippen LogP contribution < -0.4 is 4.90 Å². The van der Waals surface area contributed by atoms with Crippen molar-refractivity contribution in [3.63, 3.8) is 0 Å². The maximum atomic E-state index is 6.46. The highest BCUT2D eigenvalue weighted by Gasteiger charge is 2.36. The van der Waals surface area contributed by atoms with Crippen molar-refractivity contribution in [2.24, 2.45) is 0 Å². The van der Waals surface area contributed by atoms with E-state index in [2.05, 4.69) is 207 Å². The normalized spacial score (nSPS) is 12.9. The lowest BCUT2D eigenvalue weighted by Gasteiger charge is -2.29. The van der Waals surface area contributed by atoms with Crippen molar-refractivity contribution in [1.29, 1.82) is 0 Å². The lowest BCUT2D eigenvalue weighted by molar-refractivity contribution is 0.660. The van der Waals surface area contributed by atoms with Crippen molar-refractivity contribution >= 4 is 49.8 Å². The van der Waals surface area contributed by atoms with Crippen LogP contribution in [-0.4, -0.2) is 0 Å². The van der Waals surface area contributed by atoms with Gasteiger partial charge in [0.05, 0.1) is 5.69 Å². The van der Waals surface area contributed by atoms with E-state index in [0.29, 0.717) is 0 Å². The number of fused-ring (bicyclic) bond motifs is 7. The van der Waals surface area contributed by atoms with Gasteiger partial charge in [-0.3, -0.25) is 0 Å². The topological polar surface area (TPSA) is 16.4 Å². The second-order valence-electron chi connectivity index (χ2n) is 15.7. The van der Waals surface area contributed by atoms with Gasteiger partial charge in [-0.2, -0.15) is 0 Å². The first kappa shape index (κ1) is 33.2. The van der Waals surface area contributed by atoms with Gasteiger partial charge in [0.1, 0.15) is 11.2 Å². The van der Waals surface area contributed by atoms with Crippen LogP contribution in [0.3, 0.4) is 0 Å². The molecule has 10 aromatic rings. The fourth-order valence-electron chi connectivity index (χ4n) is 9.21. The lowest BCUT2D eigenvalue weighted by atomic mass is 9.81. The van der Waals surface area contributed by atoms with Crippen molar-refractivity contribution in [3.8, 4) is 44.5 Å². The van der Waals surface area contributed by atoms with Gasteiger partial charge in [0.15, 0.2) is 0 Å². The second kappa shape index (κ2) is 13.0. The van der Waals surface area contributed by atoms with Crippen LogP contribution in [0.1, 0.15) is 25.0 Å². The minimum atomic E-state index is -0.189. The van der Waals surface area contributed by atoms with Crippen LogP contribution in [-0.2, 0) is 5.41 Å². The van der Waals surface area contributed by atoms with Gasteiger partial charge in [0, 0.05) is 38.5 Å². The monoisotopic (exact) mass is 729 g/mol. The summed E-state index contributed by atoms with van der Waals surface area (Å²) in [5, 5.41) is 4.70. The van der Waals surface area contributed by atoms with Gasteiger partial charge in [-0.25, -0.2) is 0 Å². The number of anilines is 3. The number of furan rings is 1. The number of para-hydroxylation sites is 2. The number of benzene rings is 9. The van der Waals surface area contributed by atoms with Gasteiger partial charge < -0.3 is 9.32 Å². The molecule has 0 N–H and O–H groups in total. The molecule has 57 heavy (non-hydrogen) atoms. The summed E-state index contributed by atoms with van der Waals surface area (Å²) in [6, 6.07) is 72.6. The summed E-state index contributed by atoms with van der Waals surface area (Å²) in [5.41, 5.74) is 17.4. The van der Waals surface area contributed by atoms with E-state index in [0.717, 1.165) is 50.1 Å². The standard InChI is InChI=1S/C55H39NO/c1-55(2)50-34-39(36-14-5-3-6-15-36)26-30-45(50)46-31-29-41(35-51(46)55)56(52-33-32-42(37-16-7-4-8-17-37)44-18-9-10-19-47(44)52)40-27-24-38(25-28-40)43-21-13-22-49-48-20-11-12-23-53(48)57-54(43)49/h3-35H,1-2H3. The first-order valence-electron chi connectivity index (χ1n) is 19.8. The van der Waals surface area contributed by atoms with Gasteiger partial charge in [-0.05, 0) is 97.9 Å². The van der Waals surface area contributed by atoms with Crippen molar-refractivity contribution < 1.29 is 4.42 Å². The molecule has 0 aliphatic heterocycles. The molecule has 0 radical (unpaired) electrons. The Labute approximate surface area is 332 Å². The third kappa shape index (κ3) is 5.33. The predicted molar refractivity (Wildman–Crippen MR) is 240 cm³/mol. The van der Waals surface area contributed by atoms with E-state index in [1.807, 2.05) is 12.1 Å². The Morgan fingerprint density at radius 2 is 0.930 bits per heavy atom. The molecule has 0 fully saturated rings. The van der Waals surface area contributed by atoms with E-state index < -0.39 is 0 Å². The highest BCUT2D eigenvalue weighted by Crippen LogP contribution is 2.52. The van der Waals surface area contributed by atoms with E-state index in [1.54, 1.807) is 0 Å². The summed E-state index contributed by atoms with van der Waals surface area (Å²) in [7, 11) is 0. The first-order valence-corrected chi connectivity index (χ1v) is 19.8. The SMILES string of the molecule is CC1(C)c2cc(-c3ccccc3)ccc2-c2ccc(N(c3ccc(-c4cccc5c4oc4ccccc45)cc3)c3ccc(-c4ccccc4)c4ccccc34)cc21. The van der Waals surface area contributed by atoms with Crippen molar-refractivity contribution in [2.45, 2.75) is 19.3 Å². The number of hydrogen-bond donors (Lipinski definition) is 0. The van der Waals surface area contributed by atoms with E-state index in [9.17, 15) is 0 Å². The highest BCUT2D eigenvalue weighted by molar-refractivity contribution is 6.10. The molecule has 270 valence electrons. The predicted octanol–water partition coefficient (Wildman–Crippen LogP) is 15.5. The molecule has 0 saturated carbocycles. The molecule has 0 amide bonds. The molecule has 2 nitrogen and oxygen atoms in total. The minimum Gasteiger partial charge on any atom is -0.455 e. The Hall–Kier alpha value is -7.16. The minimum absolute atomic E-state index is 0.189. The van der Waals surface area contributed by atoms with Gasteiger partial charge in [0.2, 0.25) is 0 Å². The van der Waals surface area contributed by atoms with Crippen molar-refractivity contribution in [3.05, 3.63) is 211 Å². The van der Waals surface area contributed by atoms with Crippen molar-refractivity contribution in [1.82, 2.24) is 0 Å². The van der Waals surface area contributed by atoms with Gasteiger partial charge in [-0.15, -0.1) is 0 Å².